The highest BCUT2D eigenvalue weighted by Crippen LogP contribution is 2.36. The van der Waals surface area contributed by atoms with Gasteiger partial charge in [-0.2, -0.15) is 5.26 Å². The monoisotopic (exact) mass is 216 g/mol. The summed E-state index contributed by atoms with van der Waals surface area (Å²) < 4.78 is 1.12. The average molecular weight is 216 g/mol. The molecule has 0 amide bonds. The lowest BCUT2D eigenvalue weighted by Crippen LogP contribution is -1.89. The summed E-state index contributed by atoms with van der Waals surface area (Å²) in [6.07, 6.45) is 0.939. The molecule has 0 atom stereocenters. The van der Waals surface area contributed by atoms with E-state index in [0.29, 0.717) is 10.6 Å². The molecule has 2 aromatic rings. The number of hydrogen-bond acceptors (Lipinski definition) is 3. The molecular formula is C12H12N2S. The molecule has 3 heteroatoms. The summed E-state index contributed by atoms with van der Waals surface area (Å²) in [5.41, 5.74) is 8.96. The van der Waals surface area contributed by atoms with Crippen molar-refractivity contribution in [2.75, 3.05) is 5.73 Å². The third kappa shape index (κ3) is 1.38. The van der Waals surface area contributed by atoms with Gasteiger partial charge in [-0.25, -0.2) is 0 Å². The third-order valence-electron chi connectivity index (χ3n) is 2.69. The minimum Gasteiger partial charge on any atom is -0.389 e. The third-order valence-corrected chi connectivity index (χ3v) is 3.67. The Morgan fingerprint density at radius 2 is 2.20 bits per heavy atom. The van der Waals surface area contributed by atoms with Crippen LogP contribution in [0.5, 0.6) is 0 Å². The topological polar surface area (TPSA) is 49.8 Å². The van der Waals surface area contributed by atoms with Crippen molar-refractivity contribution >= 4 is 26.4 Å². The van der Waals surface area contributed by atoms with Gasteiger partial charge >= 0.3 is 0 Å². The van der Waals surface area contributed by atoms with Crippen LogP contribution in [0.25, 0.3) is 10.1 Å². The van der Waals surface area contributed by atoms with Gasteiger partial charge in [0.2, 0.25) is 0 Å². The van der Waals surface area contributed by atoms with Crippen molar-refractivity contribution in [2.24, 2.45) is 0 Å². The van der Waals surface area contributed by atoms with Gasteiger partial charge in [0.1, 0.15) is 11.1 Å². The van der Waals surface area contributed by atoms with Gasteiger partial charge in [0.25, 0.3) is 0 Å². The molecule has 0 fully saturated rings. The van der Waals surface area contributed by atoms with Crippen LogP contribution in [0, 0.1) is 18.3 Å². The standard InChI is InChI=1S/C12H12N2S/c1-3-8-7(2)4-5-10-11(8)9(6-13)12(14)15-10/h4-5H,3,14H2,1-2H3. The normalized spacial score (nSPS) is 10.5. The molecule has 0 aliphatic carbocycles. The molecule has 1 heterocycles. The predicted octanol–water partition coefficient (Wildman–Crippen LogP) is 3.23. The van der Waals surface area contributed by atoms with E-state index in [0.717, 1.165) is 16.5 Å². The van der Waals surface area contributed by atoms with Crippen molar-refractivity contribution in [3.63, 3.8) is 0 Å². The van der Waals surface area contributed by atoms with E-state index >= 15 is 0 Å². The first-order chi connectivity index (χ1) is 7.19. The maximum absolute atomic E-state index is 9.09. The van der Waals surface area contributed by atoms with Crippen LogP contribution in [-0.2, 0) is 6.42 Å². The van der Waals surface area contributed by atoms with Gasteiger partial charge in [-0.05, 0) is 30.5 Å². The number of rotatable bonds is 1. The Hall–Kier alpha value is -1.53. The Labute approximate surface area is 92.9 Å². The Morgan fingerprint density at radius 3 is 2.80 bits per heavy atom. The van der Waals surface area contributed by atoms with Crippen LogP contribution < -0.4 is 5.73 Å². The molecule has 0 unspecified atom stereocenters. The first kappa shape index (κ1) is 10.0. The van der Waals surface area contributed by atoms with Crippen LogP contribution >= 0.6 is 11.3 Å². The molecule has 2 nitrogen and oxygen atoms in total. The minimum atomic E-state index is 0.632. The number of nitriles is 1. The van der Waals surface area contributed by atoms with Crippen molar-refractivity contribution in [1.29, 1.82) is 5.26 Å². The van der Waals surface area contributed by atoms with E-state index in [1.807, 2.05) is 6.07 Å². The first-order valence-electron chi connectivity index (χ1n) is 4.89. The fourth-order valence-corrected chi connectivity index (χ4v) is 2.90. The van der Waals surface area contributed by atoms with Crippen molar-refractivity contribution in [2.45, 2.75) is 20.3 Å². The summed E-state index contributed by atoms with van der Waals surface area (Å²) in [5, 5.41) is 10.8. The van der Waals surface area contributed by atoms with E-state index in [-0.39, 0.29) is 0 Å². The number of fused-ring (bicyclic) bond motifs is 1. The SMILES string of the molecule is CCc1c(C)ccc2sc(N)c(C#N)c12. The highest BCUT2D eigenvalue weighted by Gasteiger charge is 2.13. The maximum Gasteiger partial charge on any atom is 0.105 e. The molecule has 0 saturated carbocycles. The fraction of sp³-hybridized carbons (Fsp3) is 0.250. The van der Waals surface area contributed by atoms with Gasteiger partial charge in [0.15, 0.2) is 0 Å². The number of hydrogen-bond donors (Lipinski definition) is 1. The zero-order valence-electron chi connectivity index (χ0n) is 8.79. The molecule has 1 aromatic heterocycles. The van der Waals surface area contributed by atoms with Gasteiger partial charge < -0.3 is 5.73 Å². The molecule has 2 rings (SSSR count). The molecule has 15 heavy (non-hydrogen) atoms. The number of nitrogen functional groups attached to an aromatic ring is 1. The highest BCUT2D eigenvalue weighted by molar-refractivity contribution is 7.23. The van der Waals surface area contributed by atoms with Gasteiger partial charge in [-0.1, -0.05) is 13.0 Å². The lowest BCUT2D eigenvalue weighted by Gasteiger charge is -2.04. The van der Waals surface area contributed by atoms with E-state index in [9.17, 15) is 0 Å². The zero-order chi connectivity index (χ0) is 11.0. The van der Waals surface area contributed by atoms with E-state index in [2.05, 4.69) is 26.0 Å². The summed E-state index contributed by atoms with van der Waals surface area (Å²) in [6, 6.07) is 6.35. The largest absolute Gasteiger partial charge is 0.389 e. The number of aryl methyl sites for hydroxylation is 2. The van der Waals surface area contributed by atoms with Crippen LogP contribution in [0.4, 0.5) is 5.00 Å². The average Bonchev–Trinajstić information content (AvgIpc) is 2.54. The fourth-order valence-electron chi connectivity index (χ4n) is 1.95. The van der Waals surface area contributed by atoms with Gasteiger partial charge in [-0.3, -0.25) is 0 Å². The van der Waals surface area contributed by atoms with Gasteiger partial charge in [-0.15, -0.1) is 11.3 Å². The number of benzene rings is 1. The Balaban J connectivity index is 2.96. The molecule has 0 aliphatic rings. The quantitative estimate of drug-likeness (QED) is 0.795. The number of thiophene rings is 1. The smallest absolute Gasteiger partial charge is 0.105 e. The Morgan fingerprint density at radius 1 is 1.47 bits per heavy atom. The second kappa shape index (κ2) is 3.56. The molecule has 1 aromatic carbocycles. The Bertz CT molecular complexity index is 561. The molecule has 0 spiro atoms. The predicted molar refractivity (Wildman–Crippen MR) is 65.1 cm³/mol. The van der Waals surface area contributed by atoms with E-state index in [4.69, 9.17) is 11.0 Å². The molecular weight excluding hydrogens is 204 g/mol. The van der Waals surface area contributed by atoms with E-state index in [1.54, 1.807) is 0 Å². The second-order valence-corrected chi connectivity index (χ2v) is 4.62. The lowest BCUT2D eigenvalue weighted by molar-refractivity contribution is 1.13. The first-order valence-corrected chi connectivity index (χ1v) is 5.71. The molecule has 76 valence electrons. The lowest BCUT2D eigenvalue weighted by atomic mass is 9.99. The number of nitrogens with two attached hydrogens (primary N) is 1. The van der Waals surface area contributed by atoms with E-state index in [1.165, 1.54) is 22.5 Å². The molecule has 0 bridgehead atoms. The van der Waals surface area contributed by atoms with Crippen molar-refractivity contribution in [3.8, 4) is 6.07 Å². The van der Waals surface area contributed by atoms with Crippen LogP contribution in [0.15, 0.2) is 12.1 Å². The van der Waals surface area contributed by atoms with Crippen LogP contribution in [0.1, 0.15) is 23.6 Å². The summed E-state index contributed by atoms with van der Waals surface area (Å²) >= 11 is 1.50. The summed E-state index contributed by atoms with van der Waals surface area (Å²) in [6.45, 7) is 4.18. The van der Waals surface area contributed by atoms with Crippen molar-refractivity contribution in [3.05, 3.63) is 28.8 Å². The number of anilines is 1. The van der Waals surface area contributed by atoms with Crippen LogP contribution in [-0.4, -0.2) is 0 Å². The Kier molecular flexibility index (Phi) is 2.37. The van der Waals surface area contributed by atoms with Gasteiger partial charge in [0.05, 0.1) is 5.56 Å². The minimum absolute atomic E-state index is 0.632. The highest BCUT2D eigenvalue weighted by atomic mass is 32.1. The van der Waals surface area contributed by atoms with Crippen molar-refractivity contribution in [1.82, 2.24) is 0 Å². The van der Waals surface area contributed by atoms with Gasteiger partial charge in [0, 0.05) is 10.1 Å². The van der Waals surface area contributed by atoms with Crippen LogP contribution in [0.3, 0.4) is 0 Å². The summed E-state index contributed by atoms with van der Waals surface area (Å²) in [4.78, 5) is 0. The van der Waals surface area contributed by atoms with Crippen LogP contribution in [0.2, 0.25) is 0 Å². The molecule has 0 aliphatic heterocycles. The van der Waals surface area contributed by atoms with E-state index < -0.39 is 0 Å². The zero-order valence-corrected chi connectivity index (χ0v) is 9.61. The molecule has 0 radical (unpaired) electrons. The number of nitrogens with zero attached hydrogens (tertiary/aromatic N) is 1. The second-order valence-electron chi connectivity index (χ2n) is 3.54. The summed E-state index contributed by atoms with van der Waals surface area (Å²) in [5.74, 6) is 0. The van der Waals surface area contributed by atoms with Crippen molar-refractivity contribution < 1.29 is 0 Å². The molecule has 0 saturated heterocycles. The summed E-state index contributed by atoms with van der Waals surface area (Å²) in [7, 11) is 0. The molecule has 2 N–H and O–H groups in total. The maximum atomic E-state index is 9.09.